The zero-order chi connectivity index (χ0) is 6.69. The second-order valence-electron chi connectivity index (χ2n) is 2.29. The van der Waals surface area contributed by atoms with E-state index in [1.807, 2.05) is 0 Å². The smallest absolute Gasteiger partial charge is 0.233 e. The maximum absolute atomic E-state index is 10.7. The Bertz CT molecular complexity index is 108. The van der Waals surface area contributed by atoms with Gasteiger partial charge in [-0.1, -0.05) is 0 Å². The monoisotopic (exact) mass is 128 g/mol. The van der Waals surface area contributed by atoms with E-state index in [1.165, 1.54) is 6.42 Å². The van der Waals surface area contributed by atoms with Crippen molar-refractivity contribution in [2.24, 2.45) is 0 Å². The van der Waals surface area contributed by atoms with Crippen molar-refractivity contribution in [3.8, 4) is 0 Å². The molecule has 0 aliphatic carbocycles. The highest BCUT2D eigenvalue weighted by Gasteiger charge is 2.10. The lowest BCUT2D eigenvalue weighted by Gasteiger charge is -2.26. The highest BCUT2D eigenvalue weighted by atomic mass is 16.2. The Kier molecular flexibility index (Phi) is 2.05. The van der Waals surface area contributed by atoms with Crippen molar-refractivity contribution >= 4 is 5.91 Å². The number of carbonyl (C=O) groups is 1. The summed E-state index contributed by atoms with van der Waals surface area (Å²) in [5.41, 5.74) is 3.00. The van der Waals surface area contributed by atoms with Crippen LogP contribution in [0.15, 0.2) is 0 Å². The molecule has 1 saturated heterocycles. The molecule has 1 aliphatic heterocycles. The van der Waals surface area contributed by atoms with Gasteiger partial charge in [-0.3, -0.25) is 9.80 Å². The fourth-order valence-corrected chi connectivity index (χ4v) is 0.957. The van der Waals surface area contributed by atoms with Gasteiger partial charge >= 0.3 is 0 Å². The van der Waals surface area contributed by atoms with E-state index < -0.39 is 0 Å². The molecule has 3 heteroatoms. The molecule has 0 radical (unpaired) electrons. The zero-order valence-corrected chi connectivity index (χ0v) is 5.68. The second kappa shape index (κ2) is 2.82. The highest BCUT2D eigenvalue weighted by molar-refractivity contribution is 5.72. The third-order valence-electron chi connectivity index (χ3n) is 1.49. The van der Waals surface area contributed by atoms with Gasteiger partial charge in [0.1, 0.15) is 0 Å². The summed E-state index contributed by atoms with van der Waals surface area (Å²) in [4.78, 5) is 10.7. The Morgan fingerprint density at radius 2 is 2.33 bits per heavy atom. The number of hydrogen-bond donors (Lipinski definition) is 1. The molecule has 52 valence electrons. The van der Waals surface area contributed by atoms with E-state index in [0.717, 1.165) is 19.5 Å². The third-order valence-corrected chi connectivity index (χ3v) is 1.49. The van der Waals surface area contributed by atoms with E-state index in [-0.39, 0.29) is 5.91 Å². The number of hydrogen-bond acceptors (Lipinski definition) is 2. The van der Waals surface area contributed by atoms with Gasteiger partial charge in [-0.05, 0) is 12.8 Å². The van der Waals surface area contributed by atoms with Crippen molar-refractivity contribution in [2.75, 3.05) is 13.1 Å². The minimum atomic E-state index is 0.120. The summed E-state index contributed by atoms with van der Waals surface area (Å²) in [6, 6.07) is 0. The van der Waals surface area contributed by atoms with Crippen LogP contribution in [-0.2, 0) is 4.79 Å². The van der Waals surface area contributed by atoms with Gasteiger partial charge in [0, 0.05) is 20.0 Å². The highest BCUT2D eigenvalue weighted by Crippen LogP contribution is 1.98. The number of amides is 1. The van der Waals surface area contributed by atoms with Crippen molar-refractivity contribution in [2.45, 2.75) is 19.8 Å². The number of nitrogens with one attached hydrogen (secondary N) is 1. The van der Waals surface area contributed by atoms with Gasteiger partial charge in [0.15, 0.2) is 0 Å². The van der Waals surface area contributed by atoms with Crippen molar-refractivity contribution in [3.05, 3.63) is 0 Å². The van der Waals surface area contributed by atoms with E-state index in [2.05, 4.69) is 5.43 Å². The van der Waals surface area contributed by atoms with Crippen LogP contribution in [0.25, 0.3) is 0 Å². The molecule has 0 spiro atoms. The van der Waals surface area contributed by atoms with Crippen LogP contribution < -0.4 is 5.43 Å². The molecular weight excluding hydrogens is 116 g/mol. The minimum Gasteiger partial charge on any atom is -0.278 e. The molecular formula is C6H12N2O. The first-order chi connectivity index (χ1) is 4.30. The van der Waals surface area contributed by atoms with Gasteiger partial charge in [-0.25, -0.2) is 5.43 Å². The Labute approximate surface area is 55.0 Å². The summed E-state index contributed by atoms with van der Waals surface area (Å²) < 4.78 is 0. The average Bonchev–Trinajstić information content (AvgIpc) is 1.90. The lowest BCUT2D eigenvalue weighted by Crippen LogP contribution is -2.45. The molecule has 1 heterocycles. The summed E-state index contributed by atoms with van der Waals surface area (Å²) in [5.74, 6) is 0.120. The standard InChI is InChI=1S/C6H12N2O/c1-6(9)8-5-3-2-4-7-8/h7H,2-5H2,1H3. The van der Waals surface area contributed by atoms with Gasteiger partial charge in [-0.15, -0.1) is 0 Å². The molecule has 1 fully saturated rings. The molecule has 0 unspecified atom stereocenters. The lowest BCUT2D eigenvalue weighted by molar-refractivity contribution is -0.133. The molecule has 0 aromatic carbocycles. The topological polar surface area (TPSA) is 32.3 Å². The van der Waals surface area contributed by atoms with Crippen LogP contribution in [-0.4, -0.2) is 24.0 Å². The third kappa shape index (κ3) is 1.68. The van der Waals surface area contributed by atoms with E-state index in [9.17, 15) is 4.79 Å². The quantitative estimate of drug-likeness (QED) is 0.503. The van der Waals surface area contributed by atoms with Gasteiger partial charge in [0.25, 0.3) is 0 Å². The van der Waals surface area contributed by atoms with Gasteiger partial charge in [0.2, 0.25) is 5.91 Å². The van der Waals surface area contributed by atoms with Gasteiger partial charge < -0.3 is 0 Å². The summed E-state index contributed by atoms with van der Waals surface area (Å²) in [6.07, 6.45) is 2.32. The molecule has 0 aromatic heterocycles. The maximum Gasteiger partial charge on any atom is 0.233 e. The summed E-state index contributed by atoms with van der Waals surface area (Å²) in [5, 5.41) is 1.67. The molecule has 1 N–H and O–H groups in total. The van der Waals surface area contributed by atoms with Crippen molar-refractivity contribution in [3.63, 3.8) is 0 Å². The Morgan fingerprint density at radius 1 is 1.56 bits per heavy atom. The summed E-state index contributed by atoms with van der Waals surface area (Å²) in [6.45, 7) is 3.40. The molecule has 0 saturated carbocycles. The number of rotatable bonds is 0. The fourth-order valence-electron chi connectivity index (χ4n) is 0.957. The molecule has 1 amide bonds. The maximum atomic E-state index is 10.7. The van der Waals surface area contributed by atoms with Crippen LogP contribution >= 0.6 is 0 Å². The predicted molar refractivity (Wildman–Crippen MR) is 34.6 cm³/mol. The molecule has 0 bridgehead atoms. The first-order valence-electron chi connectivity index (χ1n) is 3.32. The first kappa shape index (κ1) is 6.55. The summed E-state index contributed by atoms with van der Waals surface area (Å²) >= 11 is 0. The van der Waals surface area contributed by atoms with E-state index in [1.54, 1.807) is 11.9 Å². The first-order valence-corrected chi connectivity index (χ1v) is 3.32. The molecule has 1 rings (SSSR count). The molecule has 0 atom stereocenters. The fraction of sp³-hybridized carbons (Fsp3) is 0.833. The van der Waals surface area contributed by atoms with E-state index in [0.29, 0.717) is 0 Å². The van der Waals surface area contributed by atoms with Crippen molar-refractivity contribution in [1.82, 2.24) is 10.4 Å². The van der Waals surface area contributed by atoms with Crippen LogP contribution in [0, 0.1) is 0 Å². The molecule has 3 nitrogen and oxygen atoms in total. The minimum absolute atomic E-state index is 0.120. The van der Waals surface area contributed by atoms with Crippen LogP contribution in [0.2, 0.25) is 0 Å². The zero-order valence-electron chi connectivity index (χ0n) is 5.68. The second-order valence-corrected chi connectivity index (χ2v) is 2.29. The average molecular weight is 128 g/mol. The van der Waals surface area contributed by atoms with E-state index in [4.69, 9.17) is 0 Å². The molecule has 1 aliphatic rings. The molecule has 9 heavy (non-hydrogen) atoms. The van der Waals surface area contributed by atoms with Crippen LogP contribution in [0.3, 0.4) is 0 Å². The van der Waals surface area contributed by atoms with Crippen molar-refractivity contribution in [1.29, 1.82) is 0 Å². The number of hydrazine groups is 1. The van der Waals surface area contributed by atoms with Gasteiger partial charge in [-0.2, -0.15) is 0 Å². The van der Waals surface area contributed by atoms with Crippen LogP contribution in [0.4, 0.5) is 0 Å². The molecule has 0 aromatic rings. The Morgan fingerprint density at radius 3 is 2.67 bits per heavy atom. The van der Waals surface area contributed by atoms with Crippen molar-refractivity contribution < 1.29 is 4.79 Å². The Balaban J connectivity index is 2.31. The van der Waals surface area contributed by atoms with E-state index >= 15 is 0 Å². The predicted octanol–water partition coefficient (Wildman–Crippen LogP) is 0.133. The number of carbonyl (C=O) groups excluding carboxylic acids is 1. The van der Waals surface area contributed by atoms with Gasteiger partial charge in [0.05, 0.1) is 0 Å². The normalized spacial score (nSPS) is 19.9. The number of nitrogens with zero attached hydrogens (tertiary/aromatic N) is 1. The van der Waals surface area contributed by atoms with Crippen LogP contribution in [0.1, 0.15) is 19.8 Å². The SMILES string of the molecule is CC(=O)N1CCCCN1. The lowest BCUT2D eigenvalue weighted by atomic mass is 10.3. The van der Waals surface area contributed by atoms with Crippen LogP contribution in [0.5, 0.6) is 0 Å². The Hall–Kier alpha value is -0.570. The largest absolute Gasteiger partial charge is 0.278 e. The summed E-state index contributed by atoms with van der Waals surface area (Å²) in [7, 11) is 0.